The van der Waals surface area contributed by atoms with Crippen LogP contribution in [-0.4, -0.2) is 5.92 Å². The quantitative estimate of drug-likeness (QED) is 0.722. The number of benzene rings is 2. The van der Waals surface area contributed by atoms with Gasteiger partial charge in [-0.2, -0.15) is 0 Å². The molecule has 0 aliphatic carbocycles. The zero-order chi connectivity index (χ0) is 12.3. The normalized spacial score (nSPS) is 11.9. The third kappa shape index (κ3) is 2.82. The van der Waals surface area contributed by atoms with Crippen molar-refractivity contribution in [3.8, 4) is 0 Å². The molecule has 0 unspecified atom stereocenters. The topological polar surface area (TPSA) is 0 Å². The van der Waals surface area contributed by atoms with Gasteiger partial charge in [-0.05, 0) is 29.7 Å². The van der Waals surface area contributed by atoms with Crippen molar-refractivity contribution in [2.24, 2.45) is 0 Å². The Balaban J connectivity index is 2.24. The molecular weight excluding hydrogens is 218 g/mol. The molecule has 0 heterocycles. The first-order chi connectivity index (χ1) is 8.12. The van der Waals surface area contributed by atoms with E-state index in [1.807, 2.05) is 42.5 Å². The highest BCUT2D eigenvalue weighted by atomic mass is 19.3. The Morgan fingerprint density at radius 3 is 2.47 bits per heavy atom. The molecule has 0 aliphatic heterocycles. The van der Waals surface area contributed by atoms with Crippen LogP contribution in [0.4, 0.5) is 8.78 Å². The van der Waals surface area contributed by atoms with Gasteiger partial charge in [0, 0.05) is 12.8 Å². The van der Waals surface area contributed by atoms with Gasteiger partial charge in [0.05, 0.1) is 0 Å². The molecule has 0 saturated carbocycles. The van der Waals surface area contributed by atoms with E-state index in [0.717, 1.165) is 16.3 Å². The molecule has 0 nitrogen and oxygen atoms in total. The molecule has 2 rings (SSSR count). The van der Waals surface area contributed by atoms with Gasteiger partial charge >= 0.3 is 0 Å². The Bertz CT molecular complexity index is 498. The van der Waals surface area contributed by atoms with Gasteiger partial charge in [0.1, 0.15) is 0 Å². The van der Waals surface area contributed by atoms with Crippen LogP contribution in [0, 0.1) is 6.92 Å². The van der Waals surface area contributed by atoms with Gasteiger partial charge in [0.25, 0.3) is 0 Å². The first-order valence-electron chi connectivity index (χ1n) is 5.76. The van der Waals surface area contributed by atoms with Crippen LogP contribution in [0.2, 0.25) is 0 Å². The van der Waals surface area contributed by atoms with Gasteiger partial charge in [-0.1, -0.05) is 42.5 Å². The van der Waals surface area contributed by atoms with E-state index in [-0.39, 0.29) is 12.8 Å². The molecule has 0 atom stereocenters. The third-order valence-corrected chi connectivity index (χ3v) is 3.01. The molecular formula is C15H15F2. The minimum absolute atomic E-state index is 0.134. The van der Waals surface area contributed by atoms with Gasteiger partial charge in [-0.3, -0.25) is 0 Å². The maximum absolute atomic E-state index is 13.2. The number of rotatable bonds is 4. The molecule has 0 aliphatic rings. The second-order valence-corrected chi connectivity index (χ2v) is 4.24. The highest BCUT2D eigenvalue weighted by Crippen LogP contribution is 2.27. The molecule has 1 radical (unpaired) electrons. The summed E-state index contributed by atoms with van der Waals surface area (Å²) in [7, 11) is 0. The lowest BCUT2D eigenvalue weighted by Crippen LogP contribution is -2.15. The average Bonchev–Trinajstić information content (AvgIpc) is 2.36. The fraction of sp³-hybridized carbons (Fsp3) is 0.267. The first kappa shape index (κ1) is 12.0. The maximum Gasteiger partial charge on any atom is 0.248 e. The molecule has 17 heavy (non-hydrogen) atoms. The van der Waals surface area contributed by atoms with Crippen LogP contribution in [0.15, 0.2) is 42.5 Å². The van der Waals surface area contributed by atoms with Crippen LogP contribution in [0.1, 0.15) is 18.4 Å². The summed E-state index contributed by atoms with van der Waals surface area (Å²) in [6, 6.07) is 13.7. The van der Waals surface area contributed by atoms with Gasteiger partial charge in [-0.25, -0.2) is 8.78 Å². The Labute approximate surface area is 100 Å². The fourth-order valence-electron chi connectivity index (χ4n) is 1.95. The van der Waals surface area contributed by atoms with Crippen molar-refractivity contribution in [3.05, 3.63) is 55.0 Å². The van der Waals surface area contributed by atoms with E-state index < -0.39 is 5.92 Å². The lowest BCUT2D eigenvalue weighted by atomic mass is 9.99. The van der Waals surface area contributed by atoms with E-state index >= 15 is 0 Å². The molecule has 2 heteroatoms. The lowest BCUT2D eigenvalue weighted by molar-refractivity contribution is -0.00469. The van der Waals surface area contributed by atoms with Crippen molar-refractivity contribution in [2.75, 3.05) is 0 Å². The molecule has 0 amide bonds. The van der Waals surface area contributed by atoms with Crippen molar-refractivity contribution >= 4 is 10.8 Å². The summed E-state index contributed by atoms with van der Waals surface area (Å²) in [5.74, 6) is -2.66. The van der Waals surface area contributed by atoms with Crippen LogP contribution in [-0.2, 0) is 6.42 Å². The van der Waals surface area contributed by atoms with E-state index in [4.69, 9.17) is 0 Å². The number of hydrogen-bond donors (Lipinski definition) is 0. The molecule has 89 valence electrons. The molecule has 0 bridgehead atoms. The number of aryl methyl sites for hydroxylation is 1. The summed E-state index contributed by atoms with van der Waals surface area (Å²) in [4.78, 5) is 0. The van der Waals surface area contributed by atoms with Crippen molar-refractivity contribution in [1.82, 2.24) is 0 Å². The predicted molar refractivity (Wildman–Crippen MR) is 67.2 cm³/mol. The number of alkyl halides is 2. The van der Waals surface area contributed by atoms with Crippen molar-refractivity contribution in [3.63, 3.8) is 0 Å². The zero-order valence-corrected chi connectivity index (χ0v) is 9.63. The zero-order valence-electron chi connectivity index (χ0n) is 9.63. The van der Waals surface area contributed by atoms with E-state index in [1.54, 1.807) is 0 Å². The predicted octanol–water partition coefficient (Wildman–Crippen LogP) is 4.63. The van der Waals surface area contributed by atoms with Crippen LogP contribution in [0.3, 0.4) is 0 Å². The van der Waals surface area contributed by atoms with E-state index in [2.05, 4.69) is 6.92 Å². The number of halogens is 2. The Hall–Kier alpha value is -1.44. The molecule has 0 aromatic heterocycles. The lowest BCUT2D eigenvalue weighted by Gasteiger charge is -2.14. The summed E-state index contributed by atoms with van der Waals surface area (Å²) in [6.07, 6.45) is -0.0772. The van der Waals surface area contributed by atoms with Gasteiger partial charge < -0.3 is 0 Å². The SMILES string of the molecule is [CH2]CC(F)(F)CCc1cccc2ccccc12. The summed E-state index contributed by atoms with van der Waals surface area (Å²) in [6.45, 7) is 3.28. The molecule has 0 N–H and O–H groups in total. The average molecular weight is 233 g/mol. The molecule has 0 saturated heterocycles. The van der Waals surface area contributed by atoms with Crippen molar-refractivity contribution in [1.29, 1.82) is 0 Å². The highest BCUT2D eigenvalue weighted by Gasteiger charge is 2.25. The summed E-state index contributed by atoms with van der Waals surface area (Å²) >= 11 is 0. The second kappa shape index (κ2) is 4.82. The van der Waals surface area contributed by atoms with Crippen LogP contribution in [0.5, 0.6) is 0 Å². The fourth-order valence-corrected chi connectivity index (χ4v) is 1.95. The Morgan fingerprint density at radius 2 is 1.71 bits per heavy atom. The van der Waals surface area contributed by atoms with E-state index in [1.165, 1.54) is 0 Å². The van der Waals surface area contributed by atoms with E-state index in [9.17, 15) is 8.78 Å². The van der Waals surface area contributed by atoms with Gasteiger partial charge in [0.15, 0.2) is 0 Å². The molecule has 0 spiro atoms. The van der Waals surface area contributed by atoms with E-state index in [0.29, 0.717) is 6.42 Å². The number of fused-ring (bicyclic) bond motifs is 1. The van der Waals surface area contributed by atoms with Crippen molar-refractivity contribution in [2.45, 2.75) is 25.2 Å². The number of hydrogen-bond acceptors (Lipinski definition) is 0. The molecule has 0 fully saturated rings. The highest BCUT2D eigenvalue weighted by molar-refractivity contribution is 5.85. The molecule has 2 aromatic carbocycles. The van der Waals surface area contributed by atoms with Crippen molar-refractivity contribution < 1.29 is 8.78 Å². The molecule has 2 aromatic rings. The Kier molecular flexibility index (Phi) is 3.41. The van der Waals surface area contributed by atoms with Crippen LogP contribution in [0.25, 0.3) is 10.8 Å². The monoisotopic (exact) mass is 233 g/mol. The first-order valence-corrected chi connectivity index (χ1v) is 5.76. The third-order valence-electron chi connectivity index (χ3n) is 3.01. The smallest absolute Gasteiger partial charge is 0.207 e. The van der Waals surface area contributed by atoms with Crippen LogP contribution >= 0.6 is 0 Å². The summed E-state index contributed by atoms with van der Waals surface area (Å²) in [5.41, 5.74) is 0.983. The Morgan fingerprint density at radius 1 is 1.00 bits per heavy atom. The minimum atomic E-state index is -2.66. The second-order valence-electron chi connectivity index (χ2n) is 4.24. The van der Waals surface area contributed by atoms with Gasteiger partial charge in [-0.15, -0.1) is 0 Å². The van der Waals surface area contributed by atoms with Crippen LogP contribution < -0.4 is 0 Å². The maximum atomic E-state index is 13.2. The minimum Gasteiger partial charge on any atom is -0.207 e. The summed E-state index contributed by atoms with van der Waals surface area (Å²) in [5, 5.41) is 2.16. The summed E-state index contributed by atoms with van der Waals surface area (Å²) < 4.78 is 26.4. The largest absolute Gasteiger partial charge is 0.248 e. The van der Waals surface area contributed by atoms with Gasteiger partial charge in [0.2, 0.25) is 5.92 Å². The standard InChI is InChI=1S/C15H15F2/c1-2-15(16,17)11-10-13-8-5-7-12-6-3-4-9-14(12)13/h3-9H,1-2,10-11H2.